The lowest BCUT2D eigenvalue weighted by Gasteiger charge is -2.18. The van der Waals surface area contributed by atoms with Gasteiger partial charge in [-0.2, -0.15) is 4.98 Å². The van der Waals surface area contributed by atoms with E-state index in [1.54, 1.807) is 0 Å². The summed E-state index contributed by atoms with van der Waals surface area (Å²) in [5.74, 6) is -0.855. The minimum absolute atomic E-state index is 0.0919. The number of primary amides is 1. The molecule has 0 spiro atoms. The quantitative estimate of drug-likeness (QED) is 0.763. The number of rotatable bonds is 5. The number of carbonyl (C=O) groups is 2. The zero-order valence-corrected chi connectivity index (χ0v) is 11.3. The third-order valence-electron chi connectivity index (χ3n) is 3.19. The lowest BCUT2D eigenvalue weighted by Crippen LogP contribution is -2.37. The van der Waals surface area contributed by atoms with Crippen LogP contribution in [0.25, 0.3) is 0 Å². The number of nitrogens with two attached hydrogens (primary N) is 1. The first-order chi connectivity index (χ1) is 9.65. The van der Waals surface area contributed by atoms with Crippen LogP contribution in [0.3, 0.4) is 0 Å². The minimum Gasteiger partial charge on any atom is -0.363 e. The van der Waals surface area contributed by atoms with Crippen LogP contribution in [0.15, 0.2) is 4.52 Å². The highest BCUT2D eigenvalue weighted by Crippen LogP contribution is 2.08. The number of nitrogens with zero attached hydrogens (tertiary/aromatic N) is 3. The molecule has 1 aliphatic rings. The first-order valence-corrected chi connectivity index (χ1v) is 6.76. The summed E-state index contributed by atoms with van der Waals surface area (Å²) in [4.78, 5) is 28.5. The number of aromatic nitrogens is 2. The summed E-state index contributed by atoms with van der Waals surface area (Å²) in [7, 11) is 0. The average molecular weight is 281 g/mol. The van der Waals surface area contributed by atoms with Crippen molar-refractivity contribution in [2.75, 3.05) is 19.6 Å². The molecule has 1 fully saturated rings. The van der Waals surface area contributed by atoms with Crippen molar-refractivity contribution in [3.8, 4) is 0 Å². The number of hydrogen-bond acceptors (Lipinski definition) is 6. The minimum atomic E-state index is -0.754. The van der Waals surface area contributed by atoms with Gasteiger partial charge in [-0.25, -0.2) is 0 Å². The van der Waals surface area contributed by atoms with E-state index in [1.807, 2.05) is 0 Å². The molecule has 1 saturated heterocycles. The maximum atomic E-state index is 11.8. The number of carbonyl (C=O) groups excluding carboxylic acids is 2. The monoisotopic (exact) mass is 281 g/mol. The van der Waals surface area contributed by atoms with Crippen molar-refractivity contribution in [1.29, 1.82) is 0 Å². The van der Waals surface area contributed by atoms with E-state index in [-0.39, 0.29) is 24.2 Å². The molecular weight excluding hydrogens is 262 g/mol. The van der Waals surface area contributed by atoms with Gasteiger partial charge in [0.15, 0.2) is 0 Å². The van der Waals surface area contributed by atoms with Crippen molar-refractivity contribution < 1.29 is 14.1 Å². The van der Waals surface area contributed by atoms with Crippen molar-refractivity contribution in [3.63, 3.8) is 0 Å². The zero-order chi connectivity index (χ0) is 14.4. The Hall–Kier alpha value is -1.96. The number of likely N-dealkylation sites (tertiary alicyclic amines) is 1. The van der Waals surface area contributed by atoms with Crippen molar-refractivity contribution in [2.24, 2.45) is 5.73 Å². The van der Waals surface area contributed by atoms with E-state index in [9.17, 15) is 9.59 Å². The molecule has 1 aliphatic heterocycles. The topological polar surface area (TPSA) is 114 Å². The van der Waals surface area contributed by atoms with Gasteiger partial charge >= 0.3 is 0 Å². The molecule has 2 heterocycles. The van der Waals surface area contributed by atoms with E-state index >= 15 is 0 Å². The molecule has 8 heteroatoms. The third kappa shape index (κ3) is 4.30. The highest BCUT2D eigenvalue weighted by molar-refractivity contribution is 5.88. The van der Waals surface area contributed by atoms with E-state index in [0.29, 0.717) is 6.54 Å². The molecule has 1 aromatic heterocycles. The highest BCUT2D eigenvalue weighted by atomic mass is 16.5. The van der Waals surface area contributed by atoms with Crippen molar-refractivity contribution >= 4 is 11.8 Å². The van der Waals surface area contributed by atoms with Crippen molar-refractivity contribution in [2.45, 2.75) is 32.2 Å². The fourth-order valence-corrected chi connectivity index (χ4v) is 2.15. The van der Waals surface area contributed by atoms with E-state index in [4.69, 9.17) is 10.3 Å². The molecule has 2 rings (SSSR count). The van der Waals surface area contributed by atoms with Gasteiger partial charge in [0.25, 0.3) is 11.7 Å². The van der Waals surface area contributed by atoms with Crippen LogP contribution in [-0.2, 0) is 11.3 Å². The second kappa shape index (κ2) is 6.99. The fourth-order valence-electron chi connectivity index (χ4n) is 2.15. The molecule has 3 N–H and O–H groups in total. The smallest absolute Gasteiger partial charge is 0.290 e. The Bertz CT molecular complexity index is 465. The summed E-state index contributed by atoms with van der Waals surface area (Å²) < 4.78 is 4.80. The molecule has 2 amide bonds. The SMILES string of the molecule is NC(=O)c1noc(CNC(=O)CN2CCCCCC2)n1. The van der Waals surface area contributed by atoms with Gasteiger partial charge in [-0.1, -0.05) is 18.0 Å². The lowest BCUT2D eigenvalue weighted by molar-refractivity contribution is -0.122. The first-order valence-electron chi connectivity index (χ1n) is 6.76. The Kier molecular flexibility index (Phi) is 5.05. The molecule has 8 nitrogen and oxygen atoms in total. The van der Waals surface area contributed by atoms with E-state index in [0.717, 1.165) is 25.9 Å². The van der Waals surface area contributed by atoms with Crippen LogP contribution < -0.4 is 11.1 Å². The van der Waals surface area contributed by atoms with E-state index < -0.39 is 5.91 Å². The van der Waals surface area contributed by atoms with Gasteiger partial charge < -0.3 is 15.6 Å². The molecule has 0 atom stereocenters. The van der Waals surface area contributed by atoms with Crippen molar-refractivity contribution in [3.05, 3.63) is 11.7 Å². The maximum Gasteiger partial charge on any atom is 0.290 e. The molecule has 0 bridgehead atoms. The highest BCUT2D eigenvalue weighted by Gasteiger charge is 2.15. The summed E-state index contributed by atoms with van der Waals surface area (Å²) in [6.07, 6.45) is 4.74. The number of amides is 2. The van der Waals surface area contributed by atoms with Gasteiger partial charge in [-0.15, -0.1) is 0 Å². The summed E-state index contributed by atoms with van der Waals surface area (Å²) in [6.45, 7) is 2.39. The standard InChI is InChI=1S/C12H19N5O3/c13-11(19)12-15-10(20-16-12)7-14-9(18)8-17-5-3-1-2-4-6-17/h1-8H2,(H2,13,19)(H,14,18). The van der Waals surface area contributed by atoms with Crippen LogP contribution in [0.4, 0.5) is 0 Å². The Morgan fingerprint density at radius 1 is 1.25 bits per heavy atom. The zero-order valence-electron chi connectivity index (χ0n) is 11.3. The normalized spacial score (nSPS) is 16.6. The molecule has 20 heavy (non-hydrogen) atoms. The fraction of sp³-hybridized carbons (Fsp3) is 0.667. The number of nitrogens with one attached hydrogen (secondary N) is 1. The molecule has 0 radical (unpaired) electrons. The Labute approximate surface area is 116 Å². The van der Waals surface area contributed by atoms with Crippen LogP contribution >= 0.6 is 0 Å². The molecule has 110 valence electrons. The summed E-state index contributed by atoms with van der Waals surface area (Å²) in [5.41, 5.74) is 5.00. The largest absolute Gasteiger partial charge is 0.363 e. The molecule has 0 saturated carbocycles. The van der Waals surface area contributed by atoms with Gasteiger partial charge in [-0.3, -0.25) is 14.5 Å². The Morgan fingerprint density at radius 3 is 2.55 bits per heavy atom. The van der Waals surface area contributed by atoms with Crippen LogP contribution in [0.1, 0.15) is 42.2 Å². The Balaban J connectivity index is 1.74. The summed E-state index contributed by atoms with van der Waals surface area (Å²) >= 11 is 0. The maximum absolute atomic E-state index is 11.8. The van der Waals surface area contributed by atoms with Gasteiger partial charge in [0.05, 0.1) is 13.1 Å². The van der Waals surface area contributed by atoms with E-state index in [2.05, 4.69) is 20.4 Å². The van der Waals surface area contributed by atoms with Gasteiger partial charge in [0, 0.05) is 0 Å². The van der Waals surface area contributed by atoms with E-state index in [1.165, 1.54) is 12.8 Å². The molecular formula is C12H19N5O3. The first kappa shape index (κ1) is 14.4. The van der Waals surface area contributed by atoms with Crippen LogP contribution in [0.2, 0.25) is 0 Å². The van der Waals surface area contributed by atoms with Gasteiger partial charge in [0.2, 0.25) is 11.8 Å². The van der Waals surface area contributed by atoms with Crippen LogP contribution in [-0.4, -0.2) is 46.5 Å². The molecule has 0 unspecified atom stereocenters. The average Bonchev–Trinajstić information content (AvgIpc) is 2.75. The van der Waals surface area contributed by atoms with Gasteiger partial charge in [0.1, 0.15) is 0 Å². The van der Waals surface area contributed by atoms with Crippen molar-refractivity contribution in [1.82, 2.24) is 20.4 Å². The lowest BCUT2D eigenvalue weighted by atomic mass is 10.2. The second-order valence-corrected chi connectivity index (χ2v) is 4.84. The second-order valence-electron chi connectivity index (χ2n) is 4.84. The van der Waals surface area contributed by atoms with Crippen LogP contribution in [0, 0.1) is 0 Å². The third-order valence-corrected chi connectivity index (χ3v) is 3.19. The van der Waals surface area contributed by atoms with Gasteiger partial charge in [-0.05, 0) is 25.9 Å². The summed E-state index contributed by atoms with van der Waals surface area (Å²) in [6, 6.07) is 0. The number of hydrogen-bond donors (Lipinski definition) is 2. The summed E-state index contributed by atoms with van der Waals surface area (Å²) in [5, 5.41) is 6.09. The predicted octanol–water partition coefficient (Wildman–Crippen LogP) is -0.339. The predicted molar refractivity (Wildman–Crippen MR) is 69.6 cm³/mol. The Morgan fingerprint density at radius 2 is 1.95 bits per heavy atom. The molecule has 1 aromatic rings. The molecule has 0 aromatic carbocycles. The van der Waals surface area contributed by atoms with Crippen LogP contribution in [0.5, 0.6) is 0 Å². The molecule has 0 aliphatic carbocycles.